The summed E-state index contributed by atoms with van der Waals surface area (Å²) in [7, 11) is 0. The summed E-state index contributed by atoms with van der Waals surface area (Å²) in [5, 5.41) is 0. The van der Waals surface area contributed by atoms with Gasteiger partial charge in [0, 0.05) is 0 Å². The maximum absolute atomic E-state index is 3.83. The summed E-state index contributed by atoms with van der Waals surface area (Å²) in [6.45, 7) is 3.83. The van der Waals surface area contributed by atoms with Gasteiger partial charge < -0.3 is 12.8 Å². The van der Waals surface area contributed by atoms with Crippen molar-refractivity contribution in [3.05, 3.63) is 12.8 Å². The Balaban J connectivity index is 0.000000640. The van der Waals surface area contributed by atoms with Crippen molar-refractivity contribution in [2.75, 3.05) is 0 Å². The van der Waals surface area contributed by atoms with Gasteiger partial charge in [0.15, 0.2) is 0 Å². The Hall–Kier alpha value is 0.584. The van der Waals surface area contributed by atoms with E-state index in [2.05, 4.69) is 6.92 Å². The van der Waals surface area contributed by atoms with E-state index in [0.29, 0.717) is 0 Å². The Kier molecular flexibility index (Phi) is 5.72. The van der Waals surface area contributed by atoms with Crippen LogP contribution in [0.4, 0.5) is 0 Å². The molecule has 9 heavy (non-hydrogen) atoms. The summed E-state index contributed by atoms with van der Waals surface area (Å²) >= 11 is 0. The Bertz CT molecular complexity index is 55.6. The first kappa shape index (κ1) is 9.58. The number of hydrogen-bond acceptors (Lipinski definition) is 0. The molecule has 0 atom stereocenters. The maximum Gasteiger partial charge on any atom is 2.00 e. The molecule has 1 radical (unpaired) electrons. The fourth-order valence-electron chi connectivity index (χ4n) is 1.37. The molecule has 1 saturated carbocycles. The molecule has 1 fully saturated rings. The van der Waals surface area contributed by atoms with Crippen LogP contribution in [0.15, 0.2) is 0 Å². The largest absolute Gasteiger partial charge is 2.00 e. The minimum atomic E-state index is 0. The van der Waals surface area contributed by atoms with Crippen LogP contribution in [-0.4, -0.2) is 0 Å². The number of rotatable bonds is 2. The Labute approximate surface area is 70.3 Å². The Morgan fingerprint density at radius 3 is 2.22 bits per heavy atom. The van der Waals surface area contributed by atoms with E-state index in [1.54, 1.807) is 5.92 Å². The van der Waals surface area contributed by atoms with Crippen molar-refractivity contribution >= 4 is 0 Å². The van der Waals surface area contributed by atoms with E-state index < -0.39 is 0 Å². The molecule has 1 rings (SSSR count). The summed E-state index contributed by atoms with van der Waals surface area (Å²) in [4.78, 5) is 0. The van der Waals surface area contributed by atoms with Gasteiger partial charge in [0.2, 0.25) is 0 Å². The van der Waals surface area contributed by atoms with Crippen molar-refractivity contribution in [3.8, 4) is 0 Å². The van der Waals surface area contributed by atoms with Gasteiger partial charge in [-0.05, 0) is 0 Å². The van der Waals surface area contributed by atoms with Crippen LogP contribution in [-0.2, 0) is 18.6 Å². The standard InChI is InChI=1S/C8H14.V/c1-2-5-8-6-3-4-7-8;/h1-7H2;/q-2;+2. The van der Waals surface area contributed by atoms with Crippen LogP contribution in [0, 0.1) is 12.8 Å². The molecule has 1 aliphatic carbocycles. The monoisotopic (exact) mass is 161 g/mol. The third-order valence-electron chi connectivity index (χ3n) is 1.84. The van der Waals surface area contributed by atoms with E-state index in [9.17, 15) is 0 Å². The first-order valence-electron chi connectivity index (χ1n) is 3.56. The van der Waals surface area contributed by atoms with Crippen molar-refractivity contribution < 1.29 is 18.6 Å². The van der Waals surface area contributed by atoms with Crippen LogP contribution in [0.25, 0.3) is 0 Å². The summed E-state index contributed by atoms with van der Waals surface area (Å²) in [5.41, 5.74) is 0. The second-order valence-corrected chi connectivity index (χ2v) is 2.56. The fourth-order valence-corrected chi connectivity index (χ4v) is 1.37. The van der Waals surface area contributed by atoms with Crippen LogP contribution in [0.2, 0.25) is 0 Å². The minimum absolute atomic E-state index is 0. The zero-order chi connectivity index (χ0) is 5.82. The molecule has 0 amide bonds. The van der Waals surface area contributed by atoms with Gasteiger partial charge >= 0.3 is 18.6 Å². The molecule has 1 heteroatoms. The first-order chi connectivity index (χ1) is 3.93. The van der Waals surface area contributed by atoms with Crippen molar-refractivity contribution in [2.24, 2.45) is 0 Å². The maximum atomic E-state index is 3.83. The van der Waals surface area contributed by atoms with Crippen molar-refractivity contribution in [2.45, 2.75) is 38.5 Å². The van der Waals surface area contributed by atoms with Crippen molar-refractivity contribution in [1.29, 1.82) is 0 Å². The Morgan fingerprint density at radius 1 is 1.22 bits per heavy atom. The van der Waals surface area contributed by atoms with E-state index >= 15 is 0 Å². The first-order valence-corrected chi connectivity index (χ1v) is 3.56. The predicted octanol–water partition coefficient (Wildman–Crippen LogP) is 2.75. The number of hydrogen-bond donors (Lipinski definition) is 0. The van der Waals surface area contributed by atoms with E-state index in [0.717, 1.165) is 6.42 Å². The van der Waals surface area contributed by atoms with Crippen LogP contribution < -0.4 is 0 Å². The van der Waals surface area contributed by atoms with E-state index in [1.807, 2.05) is 0 Å². The molecule has 0 saturated heterocycles. The van der Waals surface area contributed by atoms with E-state index in [-0.39, 0.29) is 18.6 Å². The molecule has 0 aromatic carbocycles. The average molecular weight is 161 g/mol. The molecule has 0 aromatic heterocycles. The molecule has 51 valence electrons. The van der Waals surface area contributed by atoms with Crippen LogP contribution in [0.3, 0.4) is 0 Å². The van der Waals surface area contributed by atoms with Gasteiger partial charge in [-0.1, -0.05) is 12.8 Å². The van der Waals surface area contributed by atoms with Crippen molar-refractivity contribution in [1.82, 2.24) is 0 Å². The van der Waals surface area contributed by atoms with Gasteiger partial charge in [0.05, 0.1) is 0 Å². The third-order valence-corrected chi connectivity index (χ3v) is 1.84. The molecule has 0 heterocycles. The van der Waals surface area contributed by atoms with Gasteiger partial charge in [-0.25, -0.2) is 12.8 Å². The van der Waals surface area contributed by atoms with Gasteiger partial charge in [-0.2, -0.15) is 12.8 Å². The zero-order valence-electron chi connectivity index (χ0n) is 5.90. The van der Waals surface area contributed by atoms with E-state index in [1.165, 1.54) is 32.1 Å². The summed E-state index contributed by atoms with van der Waals surface area (Å²) in [6.07, 6.45) is 8.07. The summed E-state index contributed by atoms with van der Waals surface area (Å²) < 4.78 is 0. The molecule has 0 N–H and O–H groups in total. The third kappa shape index (κ3) is 3.32. The molecule has 0 aromatic rings. The smallest absolute Gasteiger partial charge is 0.346 e. The molecule has 0 unspecified atom stereocenters. The summed E-state index contributed by atoms with van der Waals surface area (Å²) in [5.74, 6) is 1.76. The minimum Gasteiger partial charge on any atom is -0.346 e. The fraction of sp³-hybridized carbons (Fsp3) is 0.750. The molecule has 0 spiro atoms. The topological polar surface area (TPSA) is 0 Å². The van der Waals surface area contributed by atoms with Gasteiger partial charge in [0.25, 0.3) is 0 Å². The molecule has 0 aliphatic heterocycles. The van der Waals surface area contributed by atoms with Crippen molar-refractivity contribution in [3.63, 3.8) is 0 Å². The Morgan fingerprint density at radius 2 is 1.78 bits per heavy atom. The predicted molar refractivity (Wildman–Crippen MR) is 36.3 cm³/mol. The second-order valence-electron chi connectivity index (χ2n) is 2.56. The van der Waals surface area contributed by atoms with E-state index in [4.69, 9.17) is 0 Å². The van der Waals surface area contributed by atoms with Crippen LogP contribution >= 0.6 is 0 Å². The normalized spacial score (nSPS) is 19.7. The molecule has 0 bridgehead atoms. The SMILES string of the molecule is [CH2-]CC[C-]1CCCC1.[V+2]. The van der Waals surface area contributed by atoms with Gasteiger partial charge in [0.1, 0.15) is 0 Å². The molecular formula is C8H14V. The zero-order valence-corrected chi connectivity index (χ0v) is 7.29. The summed E-state index contributed by atoms with van der Waals surface area (Å²) in [6, 6.07) is 0. The molecule has 1 aliphatic rings. The quantitative estimate of drug-likeness (QED) is 0.546. The second kappa shape index (κ2) is 5.38. The average Bonchev–Trinajstić information content (AvgIpc) is 2.19. The molecule has 0 nitrogen and oxygen atoms in total. The molecular weight excluding hydrogens is 147 g/mol. The van der Waals surface area contributed by atoms with Gasteiger partial charge in [-0.3, -0.25) is 0 Å². The van der Waals surface area contributed by atoms with Crippen LogP contribution in [0.1, 0.15) is 38.5 Å². The van der Waals surface area contributed by atoms with Crippen LogP contribution in [0.5, 0.6) is 0 Å². The van der Waals surface area contributed by atoms with Gasteiger partial charge in [-0.15, -0.1) is 0 Å².